The summed E-state index contributed by atoms with van der Waals surface area (Å²) in [7, 11) is -5.51. The molecule has 2 aliphatic heterocycles. The van der Waals surface area contributed by atoms with E-state index in [0.29, 0.717) is 32.8 Å². The van der Waals surface area contributed by atoms with Crippen LogP contribution in [0.4, 0.5) is 0 Å². The van der Waals surface area contributed by atoms with Crippen molar-refractivity contribution < 1.29 is 55.8 Å². The molecule has 0 bridgehead atoms. The van der Waals surface area contributed by atoms with Gasteiger partial charge in [-0.1, -0.05) is 47.1 Å². The van der Waals surface area contributed by atoms with Crippen LogP contribution < -0.4 is 0 Å². The van der Waals surface area contributed by atoms with Gasteiger partial charge < -0.3 is 36.8 Å². The number of allylic oxidation sites excluding steroid dienone is 1. The van der Waals surface area contributed by atoms with Crippen molar-refractivity contribution in [1.82, 2.24) is 0 Å². The van der Waals surface area contributed by atoms with E-state index < -0.39 is 48.5 Å². The SMILES string of the molecule is COP(=O)(CC(=O)C[C@H]1/C(=C/C(=O)CC2C(=O)C[C@@H](OC3CCCCO3)[C@@H]2CO[Si](C)(C)C(C)(C)C)C[C@@H](OC2CCCCO2)[C@@H]1CO[Si](C)(C)C(C)(C)C)OC. The molecule has 4 fully saturated rings. The van der Waals surface area contributed by atoms with E-state index in [2.05, 4.69) is 67.7 Å². The number of rotatable bonds is 19. The van der Waals surface area contributed by atoms with Crippen LogP contribution in [0, 0.1) is 23.7 Å². The molecule has 0 aromatic carbocycles. The summed E-state index contributed by atoms with van der Waals surface area (Å²) >= 11 is 0. The summed E-state index contributed by atoms with van der Waals surface area (Å²) < 4.78 is 61.9. The van der Waals surface area contributed by atoms with E-state index in [1.807, 2.05) is 0 Å². The quantitative estimate of drug-likeness (QED) is 0.0695. The fraction of sp³-hybridized carbons (Fsp3) is 0.881. The second-order valence-electron chi connectivity index (χ2n) is 19.8. The van der Waals surface area contributed by atoms with Crippen molar-refractivity contribution >= 4 is 41.6 Å². The molecular weight excluding hydrogens is 784 g/mol. The molecule has 2 heterocycles. The summed E-state index contributed by atoms with van der Waals surface area (Å²) in [5.41, 5.74) is 0.769. The summed E-state index contributed by atoms with van der Waals surface area (Å²) in [6.07, 6.45) is 5.82. The Balaban J connectivity index is 1.66. The van der Waals surface area contributed by atoms with E-state index in [0.717, 1.165) is 44.1 Å². The summed E-state index contributed by atoms with van der Waals surface area (Å²) in [6, 6.07) is 0. The van der Waals surface area contributed by atoms with Crippen LogP contribution in [0.2, 0.25) is 36.3 Å². The van der Waals surface area contributed by atoms with Crippen LogP contribution in [0.3, 0.4) is 0 Å². The lowest BCUT2D eigenvalue weighted by Crippen LogP contribution is -2.44. The third-order valence-electron chi connectivity index (χ3n) is 13.7. The number of carbonyl (C=O) groups is 3. The molecule has 2 saturated carbocycles. The van der Waals surface area contributed by atoms with Crippen LogP contribution in [0.1, 0.15) is 106 Å². The van der Waals surface area contributed by atoms with E-state index >= 15 is 0 Å². The van der Waals surface area contributed by atoms with Gasteiger partial charge in [-0.05, 0) is 93.2 Å². The minimum Gasteiger partial charge on any atom is -0.416 e. The van der Waals surface area contributed by atoms with Gasteiger partial charge in [-0.15, -0.1) is 0 Å². The van der Waals surface area contributed by atoms with Crippen molar-refractivity contribution in [3.63, 3.8) is 0 Å². The lowest BCUT2D eigenvalue weighted by Gasteiger charge is -2.38. The van der Waals surface area contributed by atoms with Crippen molar-refractivity contribution in [2.75, 3.05) is 46.8 Å². The van der Waals surface area contributed by atoms with E-state index in [1.54, 1.807) is 6.08 Å². The molecule has 12 nitrogen and oxygen atoms in total. The molecule has 2 aliphatic carbocycles. The zero-order valence-electron chi connectivity index (χ0n) is 37.1. The van der Waals surface area contributed by atoms with Crippen LogP contribution in [0.25, 0.3) is 0 Å². The summed E-state index contributed by atoms with van der Waals surface area (Å²) in [5.74, 6) is -2.08. The van der Waals surface area contributed by atoms with E-state index in [-0.39, 0.29) is 77.1 Å². The molecule has 3 unspecified atom stereocenters. The summed E-state index contributed by atoms with van der Waals surface area (Å²) in [5, 5.41) is -0.0865. The highest BCUT2D eigenvalue weighted by atomic mass is 31.2. The number of Topliss-reactive ketones (excluding diaryl/α,β-unsaturated/α-hetero) is 2. The van der Waals surface area contributed by atoms with Crippen molar-refractivity contribution in [1.29, 1.82) is 0 Å². The Kier molecular flexibility index (Phi) is 17.4. The van der Waals surface area contributed by atoms with E-state index in [9.17, 15) is 18.9 Å². The number of hydrogen-bond acceptors (Lipinski definition) is 12. The number of ether oxygens (including phenoxy) is 4. The predicted molar refractivity (Wildman–Crippen MR) is 225 cm³/mol. The van der Waals surface area contributed by atoms with E-state index in [1.165, 1.54) is 14.2 Å². The minimum absolute atomic E-state index is 0.00396. The van der Waals surface area contributed by atoms with Crippen LogP contribution >= 0.6 is 7.60 Å². The van der Waals surface area contributed by atoms with Crippen molar-refractivity contribution in [2.45, 2.75) is 167 Å². The minimum atomic E-state index is -3.63. The third kappa shape index (κ3) is 13.3. The smallest absolute Gasteiger partial charge is 0.337 e. The first-order chi connectivity index (χ1) is 26.5. The molecule has 0 aromatic rings. The molecule has 57 heavy (non-hydrogen) atoms. The van der Waals surface area contributed by atoms with Gasteiger partial charge in [0.2, 0.25) is 0 Å². The first-order valence-corrected chi connectivity index (χ1v) is 28.8. The van der Waals surface area contributed by atoms with Crippen LogP contribution in [-0.2, 0) is 55.8 Å². The maximum absolute atomic E-state index is 14.3. The van der Waals surface area contributed by atoms with Crippen molar-refractivity contribution in [2.24, 2.45) is 23.7 Å². The normalized spacial score (nSPS) is 30.3. The van der Waals surface area contributed by atoms with Crippen molar-refractivity contribution in [3.05, 3.63) is 11.6 Å². The molecule has 328 valence electrons. The zero-order valence-corrected chi connectivity index (χ0v) is 40.0. The Morgan fingerprint density at radius 2 is 1.21 bits per heavy atom. The van der Waals surface area contributed by atoms with Gasteiger partial charge in [0.25, 0.3) is 0 Å². The summed E-state index contributed by atoms with van der Waals surface area (Å²) in [4.78, 5) is 41.9. The topological polar surface area (TPSA) is 142 Å². The monoisotopic (exact) mass is 858 g/mol. The van der Waals surface area contributed by atoms with Crippen molar-refractivity contribution in [3.8, 4) is 0 Å². The predicted octanol–water partition coefficient (Wildman–Crippen LogP) is 9.03. The Bertz CT molecular complexity index is 1430. The molecule has 0 aromatic heterocycles. The fourth-order valence-electron chi connectivity index (χ4n) is 7.81. The molecule has 4 aliphatic rings. The van der Waals surface area contributed by atoms with Crippen LogP contribution in [-0.4, -0.2) is 106 Å². The maximum atomic E-state index is 14.3. The Morgan fingerprint density at radius 3 is 1.65 bits per heavy atom. The van der Waals surface area contributed by atoms with Gasteiger partial charge in [0.1, 0.15) is 17.7 Å². The maximum Gasteiger partial charge on any atom is 0.337 e. The van der Waals surface area contributed by atoms with Crippen LogP contribution in [0.15, 0.2) is 11.6 Å². The van der Waals surface area contributed by atoms with Gasteiger partial charge in [-0.2, -0.15) is 0 Å². The molecule has 8 atom stereocenters. The summed E-state index contributed by atoms with van der Waals surface area (Å²) in [6.45, 7) is 23.8. The Hall–Kier alpha value is -0.906. The number of hydrogen-bond donors (Lipinski definition) is 0. The first kappa shape index (κ1) is 48.8. The largest absolute Gasteiger partial charge is 0.416 e. The average molecular weight is 859 g/mol. The highest BCUT2D eigenvalue weighted by molar-refractivity contribution is 7.54. The van der Waals surface area contributed by atoms with Gasteiger partial charge in [0.05, 0.1) is 12.2 Å². The molecular formula is C42H75O12PSi2. The Morgan fingerprint density at radius 1 is 0.737 bits per heavy atom. The molecule has 0 N–H and O–H groups in total. The van der Waals surface area contributed by atoms with E-state index in [4.69, 9.17) is 36.8 Å². The zero-order chi connectivity index (χ0) is 42.4. The molecule has 4 rings (SSSR count). The highest BCUT2D eigenvalue weighted by Crippen LogP contribution is 2.49. The second-order valence-corrected chi connectivity index (χ2v) is 31.7. The lowest BCUT2D eigenvalue weighted by molar-refractivity contribution is -0.197. The number of carbonyl (C=O) groups excluding carboxylic acids is 3. The van der Waals surface area contributed by atoms with Gasteiger partial charge in [-0.3, -0.25) is 18.9 Å². The van der Waals surface area contributed by atoms with Gasteiger partial charge in [-0.25, -0.2) is 0 Å². The fourth-order valence-corrected chi connectivity index (χ4v) is 10.9. The molecule has 15 heteroatoms. The number of ketones is 3. The first-order valence-electron chi connectivity index (χ1n) is 21.3. The Labute approximate surface area is 345 Å². The van der Waals surface area contributed by atoms with Gasteiger partial charge in [0.15, 0.2) is 35.0 Å². The molecule has 2 saturated heterocycles. The second kappa shape index (κ2) is 20.3. The molecule has 0 amide bonds. The molecule has 0 spiro atoms. The highest BCUT2D eigenvalue weighted by Gasteiger charge is 2.49. The van der Waals surface area contributed by atoms with Gasteiger partial charge in [0, 0.05) is 77.7 Å². The average Bonchev–Trinajstić information content (AvgIpc) is 3.59. The molecule has 0 radical (unpaired) electrons. The van der Waals surface area contributed by atoms with Gasteiger partial charge >= 0.3 is 7.60 Å². The lowest BCUT2D eigenvalue weighted by atomic mass is 9.86. The van der Waals surface area contributed by atoms with Crippen LogP contribution in [0.5, 0.6) is 0 Å². The standard InChI is InChI=1S/C42H75O12PSi2/c1-41(2,3)56(9,10)51-26-34-32(24-31(44)28-55(46,47-7)48-8)29(22-37(34)53-39-17-13-15-19-49-39)21-30(43)23-33-35(27-52-57(11,12)42(4,5)6)38(25-36(33)45)54-40-18-14-16-20-50-40/h21,32-35,37-40H,13-20,22-28H2,1-12H3/b29-21+/t32-,33?,34+,35+,37+,38+,39?,40?/m0/s1. The third-order valence-corrected chi connectivity index (χ3v) is 24.5.